The number of amides is 2. The average Bonchev–Trinajstić information content (AvgIpc) is 3.09. The van der Waals surface area contributed by atoms with Crippen LogP contribution >= 0.6 is 11.3 Å². The Kier molecular flexibility index (Phi) is 5.34. The normalized spacial score (nSPS) is 11.1. The van der Waals surface area contributed by atoms with Gasteiger partial charge >= 0.3 is 6.03 Å². The molecule has 134 valence electrons. The number of carbonyl (C=O) groups excluding carboxylic acids is 1. The summed E-state index contributed by atoms with van der Waals surface area (Å²) in [5.41, 5.74) is 1.39. The molecule has 26 heavy (non-hydrogen) atoms. The number of nitrogens with one attached hydrogen (secondary N) is 2. The Hall–Kier alpha value is -2.71. The first-order valence-corrected chi connectivity index (χ1v) is 10.1. The van der Waals surface area contributed by atoms with E-state index in [1.807, 2.05) is 13.0 Å². The van der Waals surface area contributed by atoms with Crippen LogP contribution in [0.2, 0.25) is 0 Å². The van der Waals surface area contributed by atoms with Crippen LogP contribution in [0.25, 0.3) is 0 Å². The van der Waals surface area contributed by atoms with Crippen molar-refractivity contribution < 1.29 is 13.2 Å². The Labute approximate surface area is 155 Å². The molecule has 2 N–H and O–H groups in total. The van der Waals surface area contributed by atoms with Crippen LogP contribution < -0.4 is 10.6 Å². The second-order valence-electron chi connectivity index (χ2n) is 5.56. The van der Waals surface area contributed by atoms with Gasteiger partial charge < -0.3 is 10.6 Å². The molecule has 0 aliphatic rings. The van der Waals surface area contributed by atoms with E-state index >= 15 is 0 Å². The minimum absolute atomic E-state index is 0.195. The van der Waals surface area contributed by atoms with Gasteiger partial charge in [0.1, 0.15) is 4.21 Å². The minimum atomic E-state index is -3.53. The Morgan fingerprint density at radius 3 is 2.50 bits per heavy atom. The van der Waals surface area contributed by atoms with Crippen molar-refractivity contribution in [1.82, 2.24) is 10.3 Å². The molecule has 2 amide bonds. The molecule has 8 heteroatoms. The van der Waals surface area contributed by atoms with Crippen molar-refractivity contribution >= 4 is 32.9 Å². The van der Waals surface area contributed by atoms with Crippen LogP contribution in [-0.2, 0) is 16.4 Å². The van der Waals surface area contributed by atoms with E-state index in [-0.39, 0.29) is 10.9 Å². The fourth-order valence-electron chi connectivity index (χ4n) is 2.25. The van der Waals surface area contributed by atoms with Crippen LogP contribution in [-0.4, -0.2) is 19.4 Å². The number of anilines is 1. The fourth-order valence-corrected chi connectivity index (χ4v) is 4.94. The molecule has 0 spiro atoms. The van der Waals surface area contributed by atoms with Crippen molar-refractivity contribution in [2.24, 2.45) is 0 Å². The van der Waals surface area contributed by atoms with Crippen molar-refractivity contribution in [3.05, 3.63) is 71.4 Å². The molecule has 0 radical (unpaired) electrons. The van der Waals surface area contributed by atoms with Crippen LogP contribution in [0.1, 0.15) is 10.4 Å². The Balaban J connectivity index is 1.63. The van der Waals surface area contributed by atoms with Crippen LogP contribution in [0.3, 0.4) is 0 Å². The highest BCUT2D eigenvalue weighted by Gasteiger charge is 2.19. The van der Waals surface area contributed by atoms with Crippen molar-refractivity contribution in [2.45, 2.75) is 22.6 Å². The molecule has 3 rings (SSSR count). The smallest absolute Gasteiger partial charge is 0.319 e. The second-order valence-corrected chi connectivity index (χ2v) is 9.03. The van der Waals surface area contributed by atoms with E-state index in [1.54, 1.807) is 42.7 Å². The summed E-state index contributed by atoms with van der Waals surface area (Å²) in [7, 11) is -3.53. The lowest BCUT2D eigenvalue weighted by Crippen LogP contribution is -2.28. The number of thiophene rings is 1. The molecule has 0 aliphatic carbocycles. The number of aryl methyl sites for hydroxylation is 1. The highest BCUT2D eigenvalue weighted by Crippen LogP contribution is 2.28. The number of benzene rings is 1. The van der Waals surface area contributed by atoms with Crippen molar-refractivity contribution in [2.75, 3.05) is 5.32 Å². The van der Waals surface area contributed by atoms with Gasteiger partial charge in [0.25, 0.3) is 0 Å². The standard InChI is InChI=1S/C18H17N3O3S2/c1-13-4-9-17(25-13)26(23,24)16-7-5-15(6-8-16)21-18(22)20-12-14-3-2-10-19-11-14/h2-11H,12H2,1H3,(H2,20,21,22). The van der Waals surface area contributed by atoms with Crippen LogP contribution in [0.5, 0.6) is 0 Å². The summed E-state index contributed by atoms with van der Waals surface area (Å²) in [6.45, 7) is 2.21. The van der Waals surface area contributed by atoms with Gasteiger partial charge in [0.2, 0.25) is 9.84 Å². The van der Waals surface area contributed by atoms with Gasteiger partial charge in [-0.3, -0.25) is 4.98 Å². The van der Waals surface area contributed by atoms with Gasteiger partial charge in [0.05, 0.1) is 4.90 Å². The topological polar surface area (TPSA) is 88.2 Å². The van der Waals surface area contributed by atoms with Gasteiger partial charge in [-0.05, 0) is 55.0 Å². The van der Waals surface area contributed by atoms with Crippen LogP contribution in [0.4, 0.5) is 10.5 Å². The maximum absolute atomic E-state index is 12.5. The summed E-state index contributed by atoms with van der Waals surface area (Å²) in [5.74, 6) is 0. The van der Waals surface area contributed by atoms with E-state index < -0.39 is 9.84 Å². The first-order chi connectivity index (χ1) is 12.4. The van der Waals surface area contributed by atoms with Crippen molar-refractivity contribution in [1.29, 1.82) is 0 Å². The van der Waals surface area contributed by atoms with E-state index in [2.05, 4.69) is 15.6 Å². The Morgan fingerprint density at radius 1 is 1.12 bits per heavy atom. The zero-order valence-corrected chi connectivity index (χ0v) is 15.6. The third kappa shape index (κ3) is 4.27. The SMILES string of the molecule is Cc1ccc(S(=O)(=O)c2ccc(NC(=O)NCc3cccnc3)cc2)s1. The summed E-state index contributed by atoms with van der Waals surface area (Å²) >= 11 is 1.24. The zero-order valence-electron chi connectivity index (χ0n) is 14.0. The molecule has 6 nitrogen and oxygen atoms in total. The van der Waals surface area contributed by atoms with Crippen LogP contribution in [0.15, 0.2) is 70.0 Å². The predicted octanol–water partition coefficient (Wildman–Crippen LogP) is 3.61. The summed E-state index contributed by atoms with van der Waals surface area (Å²) in [5, 5.41) is 5.39. The molecular formula is C18H17N3O3S2. The number of pyridine rings is 1. The van der Waals surface area contributed by atoms with E-state index in [0.717, 1.165) is 10.4 Å². The minimum Gasteiger partial charge on any atom is -0.334 e. The number of hydrogen-bond donors (Lipinski definition) is 2. The van der Waals surface area contributed by atoms with Gasteiger partial charge in [0.15, 0.2) is 0 Å². The lowest BCUT2D eigenvalue weighted by atomic mass is 10.3. The maximum Gasteiger partial charge on any atom is 0.319 e. The van der Waals surface area contributed by atoms with Crippen LogP contribution in [0, 0.1) is 6.92 Å². The number of nitrogens with zero attached hydrogens (tertiary/aromatic N) is 1. The molecule has 0 atom stereocenters. The third-order valence-corrected chi connectivity index (χ3v) is 6.84. The molecule has 2 heterocycles. The molecule has 1 aromatic carbocycles. The molecule has 2 aromatic heterocycles. The first-order valence-electron chi connectivity index (χ1n) is 7.80. The van der Waals surface area contributed by atoms with Gasteiger partial charge in [-0.2, -0.15) is 0 Å². The highest BCUT2D eigenvalue weighted by atomic mass is 32.2. The molecule has 0 fully saturated rings. The summed E-state index contributed by atoms with van der Waals surface area (Å²) in [6.07, 6.45) is 3.34. The van der Waals surface area contributed by atoms with Gasteiger partial charge in [-0.25, -0.2) is 13.2 Å². The molecule has 0 unspecified atom stereocenters. The molecule has 3 aromatic rings. The average molecular weight is 387 g/mol. The van der Waals surface area contributed by atoms with E-state index in [4.69, 9.17) is 0 Å². The summed E-state index contributed by atoms with van der Waals surface area (Å²) in [6, 6.07) is 12.8. The van der Waals surface area contributed by atoms with Gasteiger partial charge in [-0.15, -0.1) is 11.3 Å². The summed E-state index contributed by atoms with van der Waals surface area (Å²) < 4.78 is 25.4. The van der Waals surface area contributed by atoms with Crippen molar-refractivity contribution in [3.8, 4) is 0 Å². The molecule has 0 aliphatic heterocycles. The Bertz CT molecular complexity index is 998. The monoisotopic (exact) mass is 387 g/mol. The first kappa shape index (κ1) is 18.1. The van der Waals surface area contributed by atoms with E-state index in [9.17, 15) is 13.2 Å². The largest absolute Gasteiger partial charge is 0.334 e. The number of rotatable bonds is 5. The zero-order chi connectivity index (χ0) is 18.6. The lowest BCUT2D eigenvalue weighted by molar-refractivity contribution is 0.251. The molecule has 0 saturated carbocycles. The Morgan fingerprint density at radius 2 is 1.88 bits per heavy atom. The van der Waals surface area contributed by atoms with Crippen molar-refractivity contribution in [3.63, 3.8) is 0 Å². The van der Waals surface area contributed by atoms with Gasteiger partial charge in [0, 0.05) is 29.5 Å². The fraction of sp³-hybridized carbons (Fsp3) is 0.111. The number of hydrogen-bond acceptors (Lipinski definition) is 5. The van der Waals surface area contributed by atoms with Gasteiger partial charge in [-0.1, -0.05) is 6.07 Å². The molecule has 0 bridgehead atoms. The molecular weight excluding hydrogens is 370 g/mol. The number of aromatic nitrogens is 1. The predicted molar refractivity (Wildman–Crippen MR) is 101 cm³/mol. The highest BCUT2D eigenvalue weighted by molar-refractivity contribution is 7.93. The molecule has 0 saturated heterocycles. The number of carbonyl (C=O) groups is 1. The quantitative estimate of drug-likeness (QED) is 0.700. The number of sulfone groups is 1. The van der Waals surface area contributed by atoms with E-state index in [1.165, 1.54) is 23.5 Å². The van der Waals surface area contributed by atoms with E-state index in [0.29, 0.717) is 16.4 Å². The second kappa shape index (κ2) is 7.67. The maximum atomic E-state index is 12.5. The number of urea groups is 1. The third-order valence-electron chi connectivity index (χ3n) is 3.58. The lowest BCUT2D eigenvalue weighted by Gasteiger charge is -2.08. The summed E-state index contributed by atoms with van der Waals surface area (Å²) in [4.78, 5) is 17.0.